The molecule has 0 N–H and O–H groups in total. The number of halogens is 2. The van der Waals surface area contributed by atoms with E-state index in [9.17, 15) is 0 Å². The molecule has 0 spiro atoms. The maximum absolute atomic E-state index is 15.3. The monoisotopic (exact) mass is 464 g/mol. The lowest BCUT2D eigenvalue weighted by atomic mass is 9.78. The third-order valence-electron chi connectivity index (χ3n) is 8.28. The average molecular weight is 465 g/mol. The van der Waals surface area contributed by atoms with Gasteiger partial charge in [-0.3, -0.25) is 0 Å². The third kappa shape index (κ3) is 6.02. The van der Waals surface area contributed by atoms with Crippen LogP contribution >= 0.6 is 11.6 Å². The van der Waals surface area contributed by atoms with Crippen molar-refractivity contribution in [1.82, 2.24) is 0 Å². The van der Waals surface area contributed by atoms with Crippen molar-refractivity contribution >= 4 is 11.6 Å². The van der Waals surface area contributed by atoms with E-state index >= 15 is 4.39 Å². The Balaban J connectivity index is 1.38. The van der Waals surface area contributed by atoms with Crippen molar-refractivity contribution in [2.75, 3.05) is 0 Å². The Morgan fingerprint density at radius 2 is 1.55 bits per heavy atom. The first-order valence-electron chi connectivity index (χ1n) is 13.1. The van der Waals surface area contributed by atoms with Gasteiger partial charge in [0.25, 0.3) is 0 Å². The Bertz CT molecular complexity index is 964. The summed E-state index contributed by atoms with van der Waals surface area (Å²) in [7, 11) is 0. The lowest BCUT2D eigenvalue weighted by Gasteiger charge is -2.27. The molecule has 0 aromatic heterocycles. The van der Waals surface area contributed by atoms with Crippen LogP contribution < -0.4 is 0 Å². The van der Waals surface area contributed by atoms with Gasteiger partial charge in [0.2, 0.25) is 0 Å². The summed E-state index contributed by atoms with van der Waals surface area (Å²) in [5.41, 5.74) is 3.84. The zero-order valence-corrected chi connectivity index (χ0v) is 21.1. The van der Waals surface area contributed by atoms with E-state index in [1.165, 1.54) is 44.1 Å². The van der Waals surface area contributed by atoms with Gasteiger partial charge in [0.15, 0.2) is 0 Å². The van der Waals surface area contributed by atoms with Crippen LogP contribution in [0.5, 0.6) is 0 Å². The maximum atomic E-state index is 15.3. The molecule has 0 amide bonds. The summed E-state index contributed by atoms with van der Waals surface area (Å²) in [5.74, 6) is 8.71. The van der Waals surface area contributed by atoms with E-state index in [-0.39, 0.29) is 5.82 Å². The van der Waals surface area contributed by atoms with Crippen LogP contribution in [-0.4, -0.2) is 0 Å². The zero-order chi connectivity index (χ0) is 23.2. The topological polar surface area (TPSA) is 0 Å². The molecule has 0 radical (unpaired) electrons. The Morgan fingerprint density at radius 1 is 0.879 bits per heavy atom. The summed E-state index contributed by atoms with van der Waals surface area (Å²) < 4.78 is 15.3. The highest BCUT2D eigenvalue weighted by Crippen LogP contribution is 2.41. The van der Waals surface area contributed by atoms with Crippen LogP contribution in [0, 0.1) is 35.4 Å². The molecule has 0 bridgehead atoms. The molecule has 2 heteroatoms. The fourth-order valence-corrected chi connectivity index (χ4v) is 6.32. The van der Waals surface area contributed by atoms with Crippen molar-refractivity contribution in [2.24, 2.45) is 17.8 Å². The maximum Gasteiger partial charge on any atom is 0.149 e. The fourth-order valence-electron chi connectivity index (χ4n) is 6.01. The van der Waals surface area contributed by atoms with Crippen molar-refractivity contribution in [2.45, 2.75) is 90.4 Å². The van der Waals surface area contributed by atoms with Crippen molar-refractivity contribution in [3.63, 3.8) is 0 Å². The van der Waals surface area contributed by atoms with Crippen LogP contribution in [0.3, 0.4) is 0 Å². The van der Waals surface area contributed by atoms with Gasteiger partial charge in [0, 0.05) is 11.5 Å². The smallest absolute Gasteiger partial charge is 0.149 e. The predicted octanol–water partition coefficient (Wildman–Crippen LogP) is 9.59. The van der Waals surface area contributed by atoms with Gasteiger partial charge in [-0.1, -0.05) is 87.0 Å². The first-order chi connectivity index (χ1) is 16.1. The molecule has 0 nitrogen and oxygen atoms in total. The summed E-state index contributed by atoms with van der Waals surface area (Å²) in [6.07, 6.45) is 13.5. The summed E-state index contributed by atoms with van der Waals surface area (Å²) >= 11 is 6.56. The Kier molecular flexibility index (Phi) is 8.54. The van der Waals surface area contributed by atoms with E-state index in [1.807, 2.05) is 13.0 Å². The van der Waals surface area contributed by atoms with E-state index in [4.69, 9.17) is 11.6 Å². The highest BCUT2D eigenvalue weighted by Gasteiger charge is 2.25. The molecular formula is C31H38ClF. The molecule has 2 aliphatic rings. The van der Waals surface area contributed by atoms with Crippen molar-refractivity contribution < 1.29 is 4.39 Å². The van der Waals surface area contributed by atoms with Gasteiger partial charge >= 0.3 is 0 Å². The minimum atomic E-state index is -0.273. The van der Waals surface area contributed by atoms with Gasteiger partial charge in [-0.2, -0.15) is 0 Å². The van der Waals surface area contributed by atoms with Crippen molar-refractivity contribution in [3.8, 4) is 23.0 Å². The van der Waals surface area contributed by atoms with Gasteiger partial charge in [0.05, 0.1) is 5.02 Å². The van der Waals surface area contributed by atoms with Crippen LogP contribution in [0.15, 0.2) is 36.4 Å². The lowest BCUT2D eigenvalue weighted by Crippen LogP contribution is -2.14. The van der Waals surface area contributed by atoms with Crippen LogP contribution in [-0.2, 0) is 6.42 Å². The molecule has 4 rings (SSSR count). The second kappa shape index (κ2) is 11.6. The number of rotatable bonds is 6. The molecule has 0 saturated heterocycles. The molecule has 33 heavy (non-hydrogen) atoms. The molecule has 2 aliphatic carbocycles. The molecular weight excluding hydrogens is 427 g/mol. The van der Waals surface area contributed by atoms with E-state index in [2.05, 4.69) is 49.1 Å². The summed E-state index contributed by atoms with van der Waals surface area (Å²) in [5, 5.41) is 0.310. The van der Waals surface area contributed by atoms with Crippen LogP contribution in [0.25, 0.3) is 11.1 Å². The Morgan fingerprint density at radius 3 is 2.18 bits per heavy atom. The number of hydrogen-bond donors (Lipinski definition) is 0. The SMILES string of the molecule is CC#CC1CCC(c2ccc(-c3ccc(CCC4CCC(CC)CC4)cc3)c(F)c2Cl)CC1. The predicted molar refractivity (Wildman–Crippen MR) is 139 cm³/mol. The summed E-state index contributed by atoms with van der Waals surface area (Å²) in [6.45, 7) is 4.23. The second-order valence-corrected chi connectivity index (χ2v) is 10.7. The van der Waals surface area contributed by atoms with Gasteiger partial charge in [0.1, 0.15) is 5.82 Å². The normalized spacial score (nSPS) is 25.3. The molecule has 0 unspecified atom stereocenters. The number of benzene rings is 2. The molecule has 2 saturated carbocycles. The van der Waals surface area contributed by atoms with Crippen molar-refractivity contribution in [3.05, 3.63) is 58.4 Å². The van der Waals surface area contributed by atoms with Gasteiger partial charge in [-0.25, -0.2) is 4.39 Å². The Labute approximate surface area is 205 Å². The molecule has 0 heterocycles. The summed E-state index contributed by atoms with van der Waals surface area (Å²) in [6, 6.07) is 12.4. The van der Waals surface area contributed by atoms with E-state index in [1.54, 1.807) is 0 Å². The standard InChI is InChI=1S/C31H38ClF/c1-3-5-23-12-16-26(17-13-23)28-20-21-29(31(33)30(28)32)27-18-14-25(15-19-27)11-10-24-8-6-22(4-2)7-9-24/h14-15,18-24,26H,4,6-13,16-17H2,1-2H3. The summed E-state index contributed by atoms with van der Waals surface area (Å²) in [4.78, 5) is 0. The number of aryl methyl sites for hydroxylation is 1. The second-order valence-electron chi connectivity index (χ2n) is 10.3. The third-order valence-corrected chi connectivity index (χ3v) is 8.66. The quantitative estimate of drug-likeness (QED) is 0.373. The highest BCUT2D eigenvalue weighted by molar-refractivity contribution is 6.32. The molecule has 0 aliphatic heterocycles. The first kappa shape index (κ1) is 24.3. The minimum Gasteiger partial charge on any atom is -0.205 e. The molecule has 0 atom stereocenters. The minimum absolute atomic E-state index is 0.273. The van der Waals surface area contributed by atoms with Crippen LogP contribution in [0.1, 0.15) is 95.1 Å². The van der Waals surface area contributed by atoms with Crippen LogP contribution in [0.4, 0.5) is 4.39 Å². The molecule has 2 aromatic carbocycles. The average Bonchev–Trinajstić information content (AvgIpc) is 2.86. The van der Waals surface area contributed by atoms with E-state index < -0.39 is 0 Å². The molecule has 2 fully saturated rings. The zero-order valence-electron chi connectivity index (χ0n) is 20.3. The Hall–Kier alpha value is -1.78. The fraction of sp³-hybridized carbons (Fsp3) is 0.548. The van der Waals surface area contributed by atoms with Gasteiger partial charge in [-0.15, -0.1) is 11.8 Å². The van der Waals surface area contributed by atoms with Gasteiger partial charge < -0.3 is 0 Å². The van der Waals surface area contributed by atoms with E-state index in [0.717, 1.165) is 55.1 Å². The molecule has 2 aromatic rings. The first-order valence-corrected chi connectivity index (χ1v) is 13.5. The molecule has 176 valence electrons. The van der Waals surface area contributed by atoms with Crippen molar-refractivity contribution in [1.29, 1.82) is 0 Å². The van der Waals surface area contributed by atoms with E-state index in [0.29, 0.717) is 22.4 Å². The van der Waals surface area contributed by atoms with Gasteiger partial charge in [-0.05, 0) is 79.9 Å². The number of hydrogen-bond acceptors (Lipinski definition) is 0. The lowest BCUT2D eigenvalue weighted by molar-refractivity contribution is 0.259. The largest absolute Gasteiger partial charge is 0.205 e. The highest BCUT2D eigenvalue weighted by atomic mass is 35.5. The van der Waals surface area contributed by atoms with Crippen LogP contribution in [0.2, 0.25) is 5.02 Å².